The van der Waals surface area contributed by atoms with Crippen molar-refractivity contribution in [3.05, 3.63) is 28.2 Å². The Labute approximate surface area is 147 Å². The summed E-state index contributed by atoms with van der Waals surface area (Å²) >= 11 is 7.59. The molecule has 2 atom stereocenters. The number of ether oxygens (including phenoxy) is 2. The second-order valence-corrected chi connectivity index (χ2v) is 10.2. The number of carbonyl (C=O) groups is 1. The summed E-state index contributed by atoms with van der Waals surface area (Å²) in [5.41, 5.74) is 0.351. The lowest BCUT2D eigenvalue weighted by Gasteiger charge is -2.43. The highest BCUT2D eigenvalue weighted by Crippen LogP contribution is 2.61. The van der Waals surface area contributed by atoms with E-state index in [-0.39, 0.29) is 16.2 Å². The van der Waals surface area contributed by atoms with Crippen molar-refractivity contribution in [1.29, 1.82) is 0 Å². The van der Waals surface area contributed by atoms with Crippen molar-refractivity contribution in [2.45, 2.75) is 34.9 Å². The van der Waals surface area contributed by atoms with Crippen LogP contribution in [0.25, 0.3) is 0 Å². The molecule has 0 aromatic heterocycles. The Morgan fingerprint density at radius 1 is 1.36 bits per heavy atom. The number of esters is 1. The van der Waals surface area contributed by atoms with Gasteiger partial charge in [0.05, 0.1) is 11.2 Å². The standard InChI is InChI=1S/C16H17BrO3S2/c1-19-14(18)16-5-4-15(21-6-7-22-15)9-13(16)20-12-3-2-10(17)8-11(12)16/h2-3,8,13H,4-7,9H2,1H3/t13-,16+/m1/s1. The van der Waals surface area contributed by atoms with Gasteiger partial charge in [0.15, 0.2) is 0 Å². The number of fused-ring (bicyclic) bond motifs is 3. The lowest BCUT2D eigenvalue weighted by molar-refractivity contribution is -0.152. The van der Waals surface area contributed by atoms with Crippen LogP contribution in [-0.2, 0) is 14.9 Å². The summed E-state index contributed by atoms with van der Waals surface area (Å²) < 4.78 is 12.6. The monoisotopic (exact) mass is 400 g/mol. The first-order valence-electron chi connectivity index (χ1n) is 7.43. The zero-order chi connectivity index (χ0) is 15.4. The van der Waals surface area contributed by atoms with Gasteiger partial charge < -0.3 is 9.47 Å². The number of halogens is 1. The maximum absolute atomic E-state index is 12.7. The normalized spacial score (nSPS) is 31.5. The fourth-order valence-electron chi connectivity index (χ4n) is 3.95. The highest BCUT2D eigenvalue weighted by Gasteiger charge is 2.61. The first-order valence-corrected chi connectivity index (χ1v) is 10.2. The average Bonchev–Trinajstić information content (AvgIpc) is 3.09. The van der Waals surface area contributed by atoms with Crippen LogP contribution in [0, 0.1) is 0 Å². The molecule has 0 N–H and O–H groups in total. The van der Waals surface area contributed by atoms with Gasteiger partial charge in [0, 0.05) is 28.0 Å². The molecule has 0 bridgehead atoms. The zero-order valence-corrected chi connectivity index (χ0v) is 15.5. The zero-order valence-electron chi connectivity index (χ0n) is 12.3. The molecule has 1 aromatic rings. The molecule has 1 saturated carbocycles. The Balaban J connectivity index is 1.79. The third kappa shape index (κ3) is 2.06. The Morgan fingerprint density at radius 3 is 2.86 bits per heavy atom. The molecule has 1 spiro atoms. The Morgan fingerprint density at radius 2 is 2.14 bits per heavy atom. The van der Waals surface area contributed by atoms with Crippen LogP contribution in [0.3, 0.4) is 0 Å². The number of hydrogen-bond donors (Lipinski definition) is 0. The highest BCUT2D eigenvalue weighted by molar-refractivity contribution is 9.10. The van der Waals surface area contributed by atoms with E-state index in [0.717, 1.165) is 35.0 Å². The van der Waals surface area contributed by atoms with E-state index in [4.69, 9.17) is 9.47 Å². The van der Waals surface area contributed by atoms with Crippen molar-refractivity contribution in [2.75, 3.05) is 18.6 Å². The smallest absolute Gasteiger partial charge is 0.320 e. The van der Waals surface area contributed by atoms with Gasteiger partial charge >= 0.3 is 5.97 Å². The van der Waals surface area contributed by atoms with Gasteiger partial charge in [-0.1, -0.05) is 15.9 Å². The Hall–Kier alpha value is -0.330. The third-order valence-corrected chi connectivity index (χ3v) is 9.07. The van der Waals surface area contributed by atoms with Gasteiger partial charge in [-0.05, 0) is 31.0 Å². The third-order valence-electron chi connectivity index (χ3n) is 5.00. The fourth-order valence-corrected chi connectivity index (χ4v) is 7.59. The molecular weight excluding hydrogens is 384 g/mol. The average molecular weight is 401 g/mol. The Bertz CT molecular complexity index is 630. The summed E-state index contributed by atoms with van der Waals surface area (Å²) in [4.78, 5) is 12.7. The highest BCUT2D eigenvalue weighted by atomic mass is 79.9. The van der Waals surface area contributed by atoms with Crippen LogP contribution in [0.4, 0.5) is 0 Å². The van der Waals surface area contributed by atoms with E-state index in [0.29, 0.717) is 0 Å². The van der Waals surface area contributed by atoms with Gasteiger partial charge in [-0.2, -0.15) is 0 Å². The van der Waals surface area contributed by atoms with Crippen LogP contribution in [0.5, 0.6) is 5.75 Å². The van der Waals surface area contributed by atoms with Gasteiger partial charge in [-0.15, -0.1) is 23.5 Å². The molecule has 118 valence electrons. The summed E-state index contributed by atoms with van der Waals surface area (Å²) in [5, 5.41) is 0. The minimum absolute atomic E-state index is 0.115. The molecule has 0 amide bonds. The van der Waals surface area contributed by atoms with E-state index in [1.807, 2.05) is 41.7 Å². The van der Waals surface area contributed by atoms with Crippen LogP contribution in [0.2, 0.25) is 0 Å². The molecule has 1 aliphatic carbocycles. The van der Waals surface area contributed by atoms with E-state index in [1.165, 1.54) is 18.6 Å². The van der Waals surface area contributed by atoms with Gasteiger partial charge in [0.1, 0.15) is 17.3 Å². The van der Waals surface area contributed by atoms with Crippen molar-refractivity contribution < 1.29 is 14.3 Å². The molecular formula is C16H17BrO3S2. The van der Waals surface area contributed by atoms with Crippen molar-refractivity contribution in [3.63, 3.8) is 0 Å². The largest absolute Gasteiger partial charge is 0.488 e. The van der Waals surface area contributed by atoms with Crippen LogP contribution < -0.4 is 4.74 Å². The second kappa shape index (κ2) is 5.35. The number of thioether (sulfide) groups is 2. The molecule has 2 heterocycles. The number of benzene rings is 1. The number of rotatable bonds is 1. The Kier molecular flexibility index (Phi) is 3.70. The van der Waals surface area contributed by atoms with E-state index < -0.39 is 5.41 Å². The quantitative estimate of drug-likeness (QED) is 0.666. The van der Waals surface area contributed by atoms with Crippen molar-refractivity contribution in [1.82, 2.24) is 0 Å². The summed E-state index contributed by atoms with van der Waals surface area (Å²) in [6.45, 7) is 0. The maximum atomic E-state index is 12.7. The molecule has 3 aliphatic rings. The SMILES string of the molecule is COC(=O)[C@]12CCC3(C[C@H]1Oc1ccc(Br)cc12)SCCS3. The number of hydrogen-bond acceptors (Lipinski definition) is 5. The van der Waals surface area contributed by atoms with Gasteiger partial charge in [0.2, 0.25) is 0 Å². The number of methoxy groups -OCH3 is 1. The predicted octanol–water partition coefficient (Wildman–Crippen LogP) is 3.98. The summed E-state index contributed by atoms with van der Waals surface area (Å²) in [6.07, 6.45) is 2.62. The van der Waals surface area contributed by atoms with Crippen LogP contribution in [0.1, 0.15) is 24.8 Å². The second-order valence-electron chi connectivity index (χ2n) is 6.02. The summed E-state index contributed by atoms with van der Waals surface area (Å²) in [6, 6.07) is 5.96. The van der Waals surface area contributed by atoms with Crippen LogP contribution >= 0.6 is 39.5 Å². The summed E-state index contributed by atoms with van der Waals surface area (Å²) in [5.74, 6) is 3.07. The molecule has 0 unspecified atom stereocenters. The fraction of sp³-hybridized carbons (Fsp3) is 0.562. The molecule has 1 aromatic carbocycles. The van der Waals surface area contributed by atoms with E-state index in [2.05, 4.69) is 15.9 Å². The molecule has 22 heavy (non-hydrogen) atoms. The van der Waals surface area contributed by atoms with Crippen molar-refractivity contribution >= 4 is 45.4 Å². The van der Waals surface area contributed by atoms with Gasteiger partial charge in [-0.3, -0.25) is 4.79 Å². The van der Waals surface area contributed by atoms with Crippen molar-refractivity contribution in [2.24, 2.45) is 0 Å². The lowest BCUT2D eigenvalue weighted by Crippen LogP contribution is -2.52. The molecule has 2 fully saturated rings. The minimum atomic E-state index is -0.636. The molecule has 0 radical (unpaired) electrons. The molecule has 4 rings (SSSR count). The molecule has 1 saturated heterocycles. The number of carbonyl (C=O) groups excluding carboxylic acids is 1. The van der Waals surface area contributed by atoms with E-state index in [1.54, 1.807) is 0 Å². The maximum Gasteiger partial charge on any atom is 0.320 e. The predicted molar refractivity (Wildman–Crippen MR) is 93.8 cm³/mol. The van der Waals surface area contributed by atoms with Crippen LogP contribution in [0.15, 0.2) is 22.7 Å². The molecule has 6 heteroatoms. The molecule has 3 nitrogen and oxygen atoms in total. The van der Waals surface area contributed by atoms with Crippen molar-refractivity contribution in [3.8, 4) is 5.75 Å². The lowest BCUT2D eigenvalue weighted by atomic mass is 9.68. The van der Waals surface area contributed by atoms with Gasteiger partial charge in [-0.25, -0.2) is 0 Å². The summed E-state index contributed by atoms with van der Waals surface area (Å²) in [7, 11) is 1.48. The first-order chi connectivity index (χ1) is 10.6. The van der Waals surface area contributed by atoms with Gasteiger partial charge in [0.25, 0.3) is 0 Å². The first kappa shape index (κ1) is 15.2. The van der Waals surface area contributed by atoms with E-state index in [9.17, 15) is 4.79 Å². The topological polar surface area (TPSA) is 35.5 Å². The molecule has 2 aliphatic heterocycles. The van der Waals surface area contributed by atoms with Crippen LogP contribution in [-0.4, -0.2) is 34.8 Å². The van der Waals surface area contributed by atoms with E-state index >= 15 is 0 Å². The minimum Gasteiger partial charge on any atom is -0.488 e.